The molecule has 0 aliphatic carbocycles. The average Bonchev–Trinajstić information content (AvgIpc) is 2.46. The lowest BCUT2D eigenvalue weighted by Crippen LogP contribution is -2.27. The van der Waals surface area contributed by atoms with Gasteiger partial charge in [0.15, 0.2) is 0 Å². The topological polar surface area (TPSA) is 24.5 Å². The molecule has 3 heteroatoms. The first kappa shape index (κ1) is 16.9. The first-order chi connectivity index (χ1) is 9.80. The van der Waals surface area contributed by atoms with Crippen molar-refractivity contribution in [2.45, 2.75) is 26.4 Å². The fourth-order valence-corrected chi connectivity index (χ4v) is 2.14. The summed E-state index contributed by atoms with van der Waals surface area (Å²) in [7, 11) is 1.74. The molecule has 3 nitrogen and oxygen atoms in total. The predicted molar refractivity (Wildman–Crippen MR) is 85.8 cm³/mol. The monoisotopic (exact) mass is 276 g/mol. The number of rotatable bonds is 11. The molecular formula is C17H28N2O. The van der Waals surface area contributed by atoms with Crippen LogP contribution in [0.2, 0.25) is 0 Å². The third kappa shape index (κ3) is 6.85. The summed E-state index contributed by atoms with van der Waals surface area (Å²) in [4.78, 5) is 2.34. The molecule has 0 saturated carbocycles. The van der Waals surface area contributed by atoms with Crippen LogP contribution >= 0.6 is 0 Å². The second-order valence-corrected chi connectivity index (χ2v) is 5.01. The maximum atomic E-state index is 5.16. The smallest absolute Gasteiger partial charge is 0.0589 e. The number of nitrogens with zero attached hydrogens (tertiary/aromatic N) is 1. The fourth-order valence-electron chi connectivity index (χ4n) is 2.14. The maximum Gasteiger partial charge on any atom is 0.0589 e. The lowest BCUT2D eigenvalue weighted by Gasteiger charge is -2.20. The zero-order valence-electron chi connectivity index (χ0n) is 12.9. The average molecular weight is 276 g/mol. The Labute approximate surface area is 123 Å². The minimum Gasteiger partial charge on any atom is -0.383 e. The first-order valence-corrected chi connectivity index (χ1v) is 7.40. The van der Waals surface area contributed by atoms with Gasteiger partial charge < -0.3 is 10.1 Å². The van der Waals surface area contributed by atoms with Crippen molar-refractivity contribution in [3.05, 3.63) is 48.0 Å². The molecule has 0 fully saturated rings. The van der Waals surface area contributed by atoms with Gasteiger partial charge in [-0.05, 0) is 24.1 Å². The fraction of sp³-hybridized carbons (Fsp3) is 0.529. The highest BCUT2D eigenvalue weighted by Crippen LogP contribution is 2.08. The molecule has 0 heterocycles. The van der Waals surface area contributed by atoms with Crippen molar-refractivity contribution in [2.75, 3.05) is 33.4 Å². The van der Waals surface area contributed by atoms with Crippen LogP contribution in [0.15, 0.2) is 36.9 Å². The molecule has 1 aromatic rings. The van der Waals surface area contributed by atoms with E-state index in [1.807, 2.05) is 6.08 Å². The van der Waals surface area contributed by atoms with Crippen molar-refractivity contribution >= 4 is 0 Å². The SMILES string of the molecule is C=CCN(CCOC)Cc1cccc(CNCCC)c1. The second kappa shape index (κ2) is 10.6. The Kier molecular flexibility index (Phi) is 8.96. The number of hydrogen-bond donors (Lipinski definition) is 1. The van der Waals surface area contributed by atoms with Crippen molar-refractivity contribution in [1.82, 2.24) is 10.2 Å². The summed E-state index contributed by atoms with van der Waals surface area (Å²) in [5, 5.41) is 3.44. The lowest BCUT2D eigenvalue weighted by molar-refractivity contribution is 0.151. The number of benzene rings is 1. The Morgan fingerprint density at radius 1 is 1.35 bits per heavy atom. The van der Waals surface area contributed by atoms with E-state index >= 15 is 0 Å². The van der Waals surface area contributed by atoms with E-state index in [-0.39, 0.29) is 0 Å². The van der Waals surface area contributed by atoms with E-state index in [1.165, 1.54) is 17.5 Å². The molecule has 112 valence electrons. The van der Waals surface area contributed by atoms with Crippen molar-refractivity contribution in [3.8, 4) is 0 Å². The van der Waals surface area contributed by atoms with Crippen molar-refractivity contribution in [3.63, 3.8) is 0 Å². The molecule has 0 atom stereocenters. The van der Waals surface area contributed by atoms with Gasteiger partial charge in [0.05, 0.1) is 6.61 Å². The molecule has 0 aliphatic heterocycles. The van der Waals surface area contributed by atoms with E-state index in [0.717, 1.165) is 39.3 Å². The van der Waals surface area contributed by atoms with E-state index in [2.05, 4.69) is 48.0 Å². The summed E-state index contributed by atoms with van der Waals surface area (Å²) < 4.78 is 5.16. The summed E-state index contributed by atoms with van der Waals surface area (Å²) in [5.41, 5.74) is 2.69. The molecule has 1 rings (SSSR count). The zero-order valence-corrected chi connectivity index (χ0v) is 12.9. The Balaban J connectivity index is 2.55. The summed E-state index contributed by atoms with van der Waals surface area (Å²) in [6.07, 6.45) is 3.12. The highest BCUT2D eigenvalue weighted by molar-refractivity contribution is 5.23. The van der Waals surface area contributed by atoms with Crippen LogP contribution in [0.3, 0.4) is 0 Å². The molecule has 1 N–H and O–H groups in total. The van der Waals surface area contributed by atoms with Gasteiger partial charge in [-0.1, -0.05) is 37.3 Å². The molecule has 20 heavy (non-hydrogen) atoms. The van der Waals surface area contributed by atoms with Gasteiger partial charge in [0.25, 0.3) is 0 Å². The first-order valence-electron chi connectivity index (χ1n) is 7.40. The molecule has 0 amide bonds. The van der Waals surface area contributed by atoms with Crippen LogP contribution < -0.4 is 5.32 Å². The van der Waals surface area contributed by atoms with Gasteiger partial charge >= 0.3 is 0 Å². The van der Waals surface area contributed by atoms with Crippen LogP contribution in [-0.4, -0.2) is 38.3 Å². The van der Waals surface area contributed by atoms with Crippen molar-refractivity contribution in [1.29, 1.82) is 0 Å². The Bertz CT molecular complexity index is 379. The number of methoxy groups -OCH3 is 1. The molecule has 0 radical (unpaired) electrons. The standard InChI is InChI=1S/C17H28N2O/c1-4-9-18-14-16-7-6-8-17(13-16)15-19(10-5-2)11-12-20-3/h5-8,13,18H,2,4,9-12,14-15H2,1,3H3. The molecule has 0 aliphatic rings. The Morgan fingerprint density at radius 3 is 2.85 bits per heavy atom. The summed E-state index contributed by atoms with van der Waals surface area (Å²) in [6.45, 7) is 11.5. The van der Waals surface area contributed by atoms with Crippen molar-refractivity contribution in [2.24, 2.45) is 0 Å². The van der Waals surface area contributed by atoms with Crippen LogP contribution in [0, 0.1) is 0 Å². The van der Waals surface area contributed by atoms with Crippen LogP contribution in [0.25, 0.3) is 0 Å². The highest BCUT2D eigenvalue weighted by Gasteiger charge is 2.04. The van der Waals surface area contributed by atoms with Crippen LogP contribution in [0.4, 0.5) is 0 Å². The zero-order chi connectivity index (χ0) is 14.6. The Morgan fingerprint density at radius 2 is 2.15 bits per heavy atom. The molecule has 1 aromatic carbocycles. The van der Waals surface area contributed by atoms with Gasteiger partial charge in [0.1, 0.15) is 0 Å². The normalized spacial score (nSPS) is 10.9. The van der Waals surface area contributed by atoms with E-state index in [1.54, 1.807) is 7.11 Å². The molecule has 0 spiro atoms. The van der Waals surface area contributed by atoms with Gasteiger partial charge in [-0.2, -0.15) is 0 Å². The van der Waals surface area contributed by atoms with Gasteiger partial charge in [-0.15, -0.1) is 6.58 Å². The lowest BCUT2D eigenvalue weighted by atomic mass is 10.1. The van der Waals surface area contributed by atoms with E-state index in [0.29, 0.717) is 0 Å². The summed E-state index contributed by atoms with van der Waals surface area (Å²) >= 11 is 0. The van der Waals surface area contributed by atoms with E-state index in [4.69, 9.17) is 4.74 Å². The minimum absolute atomic E-state index is 0.756. The highest BCUT2D eigenvalue weighted by atomic mass is 16.5. The molecular weight excluding hydrogens is 248 g/mol. The molecule has 0 saturated heterocycles. The molecule has 0 unspecified atom stereocenters. The van der Waals surface area contributed by atoms with Gasteiger partial charge in [-0.3, -0.25) is 4.90 Å². The third-order valence-electron chi connectivity index (χ3n) is 3.15. The third-order valence-corrected chi connectivity index (χ3v) is 3.15. The second-order valence-electron chi connectivity index (χ2n) is 5.01. The largest absolute Gasteiger partial charge is 0.383 e. The Hall–Kier alpha value is -1.16. The molecule has 0 bridgehead atoms. The number of nitrogens with one attached hydrogen (secondary N) is 1. The van der Waals surface area contributed by atoms with Gasteiger partial charge in [0, 0.05) is 33.3 Å². The van der Waals surface area contributed by atoms with E-state index in [9.17, 15) is 0 Å². The summed E-state index contributed by atoms with van der Waals surface area (Å²) in [5.74, 6) is 0. The van der Waals surface area contributed by atoms with Crippen molar-refractivity contribution < 1.29 is 4.74 Å². The number of hydrogen-bond acceptors (Lipinski definition) is 3. The maximum absolute atomic E-state index is 5.16. The molecule has 0 aromatic heterocycles. The quantitative estimate of drug-likeness (QED) is 0.497. The number of ether oxygens (including phenoxy) is 1. The van der Waals surface area contributed by atoms with Crippen LogP contribution in [0.1, 0.15) is 24.5 Å². The van der Waals surface area contributed by atoms with Crippen LogP contribution in [0.5, 0.6) is 0 Å². The van der Waals surface area contributed by atoms with Gasteiger partial charge in [-0.25, -0.2) is 0 Å². The van der Waals surface area contributed by atoms with Crippen LogP contribution in [-0.2, 0) is 17.8 Å². The van der Waals surface area contributed by atoms with Gasteiger partial charge in [0.2, 0.25) is 0 Å². The summed E-state index contributed by atoms with van der Waals surface area (Å²) in [6, 6.07) is 8.79. The predicted octanol–water partition coefficient (Wildman–Crippen LogP) is 2.82. The van der Waals surface area contributed by atoms with E-state index < -0.39 is 0 Å². The minimum atomic E-state index is 0.756.